The maximum absolute atomic E-state index is 11.7. The molecule has 4 nitrogen and oxygen atoms in total. The Hall–Kier alpha value is -1.55. The van der Waals surface area contributed by atoms with Gasteiger partial charge in [-0.05, 0) is 25.0 Å². The maximum Gasteiger partial charge on any atom is 0.224 e. The van der Waals surface area contributed by atoms with Crippen LogP contribution >= 0.6 is 0 Å². The van der Waals surface area contributed by atoms with Crippen LogP contribution in [0.2, 0.25) is 0 Å². The molecule has 3 N–H and O–H groups in total. The van der Waals surface area contributed by atoms with Crippen LogP contribution in [0.15, 0.2) is 18.2 Å². The van der Waals surface area contributed by atoms with Crippen molar-refractivity contribution in [2.45, 2.75) is 33.7 Å². The molecule has 0 heterocycles. The van der Waals surface area contributed by atoms with Crippen molar-refractivity contribution in [1.29, 1.82) is 0 Å². The lowest BCUT2D eigenvalue weighted by atomic mass is 10.1. The molecule has 0 aliphatic heterocycles. The number of carbonyl (C=O) groups excluding carboxylic acids is 1. The molecule has 0 spiro atoms. The zero-order valence-corrected chi connectivity index (χ0v) is 12.0. The summed E-state index contributed by atoms with van der Waals surface area (Å²) in [7, 11) is 0. The summed E-state index contributed by atoms with van der Waals surface area (Å²) in [5, 5.41) is 2.89. The predicted octanol–water partition coefficient (Wildman–Crippen LogP) is 1.99. The fourth-order valence-corrected chi connectivity index (χ4v) is 1.62. The minimum Gasteiger partial charge on any atom is -0.493 e. The zero-order valence-electron chi connectivity index (χ0n) is 12.0. The summed E-state index contributed by atoms with van der Waals surface area (Å²) < 4.78 is 5.71. The number of carbonyl (C=O) groups is 1. The smallest absolute Gasteiger partial charge is 0.224 e. The number of benzene rings is 1. The number of aryl methyl sites for hydroxylation is 1. The standard InChI is InChI=1S/C15H24N2O2/c1-4-7-19-14-8-11(2)5-6-13(14)10-17-15(18)12(3)9-16/h5-6,8,12H,4,7,9-10,16H2,1-3H3,(H,17,18). The van der Waals surface area contributed by atoms with E-state index in [-0.39, 0.29) is 11.8 Å². The van der Waals surface area contributed by atoms with E-state index in [1.54, 1.807) is 0 Å². The Morgan fingerprint density at radius 1 is 1.47 bits per heavy atom. The third-order valence-corrected chi connectivity index (χ3v) is 2.94. The number of hydrogen-bond donors (Lipinski definition) is 2. The summed E-state index contributed by atoms with van der Waals surface area (Å²) >= 11 is 0. The Labute approximate surface area is 115 Å². The number of ether oxygens (including phenoxy) is 1. The van der Waals surface area contributed by atoms with Crippen LogP contribution in [0.5, 0.6) is 5.75 Å². The lowest BCUT2D eigenvalue weighted by Crippen LogP contribution is -2.32. The third-order valence-electron chi connectivity index (χ3n) is 2.94. The Balaban J connectivity index is 2.68. The van der Waals surface area contributed by atoms with Crippen LogP contribution in [0.3, 0.4) is 0 Å². The van der Waals surface area contributed by atoms with Crippen molar-refractivity contribution in [3.63, 3.8) is 0 Å². The van der Waals surface area contributed by atoms with Gasteiger partial charge in [0.25, 0.3) is 0 Å². The fourth-order valence-electron chi connectivity index (χ4n) is 1.62. The van der Waals surface area contributed by atoms with E-state index in [9.17, 15) is 4.79 Å². The lowest BCUT2D eigenvalue weighted by molar-refractivity contribution is -0.124. The van der Waals surface area contributed by atoms with Gasteiger partial charge in [0, 0.05) is 24.6 Å². The third kappa shape index (κ3) is 4.91. The molecule has 0 saturated carbocycles. The van der Waals surface area contributed by atoms with E-state index in [1.807, 2.05) is 32.0 Å². The van der Waals surface area contributed by atoms with Gasteiger partial charge in [-0.3, -0.25) is 4.79 Å². The molecule has 0 fully saturated rings. The molecule has 1 amide bonds. The van der Waals surface area contributed by atoms with Crippen LogP contribution < -0.4 is 15.8 Å². The van der Waals surface area contributed by atoms with E-state index in [4.69, 9.17) is 10.5 Å². The van der Waals surface area contributed by atoms with Gasteiger partial charge in [0.15, 0.2) is 0 Å². The van der Waals surface area contributed by atoms with Crippen LogP contribution in [0.1, 0.15) is 31.4 Å². The Morgan fingerprint density at radius 2 is 2.21 bits per heavy atom. The molecular formula is C15H24N2O2. The highest BCUT2D eigenvalue weighted by molar-refractivity contribution is 5.78. The van der Waals surface area contributed by atoms with Gasteiger partial charge in [-0.1, -0.05) is 26.0 Å². The van der Waals surface area contributed by atoms with Crippen molar-refractivity contribution in [2.24, 2.45) is 11.7 Å². The van der Waals surface area contributed by atoms with E-state index < -0.39 is 0 Å². The van der Waals surface area contributed by atoms with Crippen molar-refractivity contribution in [1.82, 2.24) is 5.32 Å². The first kappa shape index (κ1) is 15.5. The summed E-state index contributed by atoms with van der Waals surface area (Å²) in [6.07, 6.45) is 0.962. The SMILES string of the molecule is CCCOc1cc(C)ccc1CNC(=O)C(C)CN. The average molecular weight is 264 g/mol. The summed E-state index contributed by atoms with van der Waals surface area (Å²) in [4.78, 5) is 11.7. The first-order chi connectivity index (χ1) is 9.08. The van der Waals surface area contributed by atoms with Crippen LogP contribution in [0.4, 0.5) is 0 Å². The number of amides is 1. The highest BCUT2D eigenvalue weighted by Crippen LogP contribution is 2.20. The second-order valence-electron chi connectivity index (χ2n) is 4.81. The molecule has 1 aromatic rings. The Kier molecular flexibility index (Phi) is 6.36. The van der Waals surface area contributed by atoms with Gasteiger partial charge >= 0.3 is 0 Å². The van der Waals surface area contributed by atoms with Crippen molar-refractivity contribution in [2.75, 3.05) is 13.2 Å². The van der Waals surface area contributed by atoms with Crippen LogP contribution in [0, 0.1) is 12.8 Å². The minimum atomic E-state index is -0.162. The van der Waals surface area contributed by atoms with E-state index in [2.05, 4.69) is 12.2 Å². The maximum atomic E-state index is 11.7. The lowest BCUT2D eigenvalue weighted by Gasteiger charge is -2.14. The first-order valence-corrected chi connectivity index (χ1v) is 6.78. The van der Waals surface area contributed by atoms with Gasteiger partial charge in [-0.15, -0.1) is 0 Å². The molecule has 0 aliphatic rings. The van der Waals surface area contributed by atoms with E-state index in [0.29, 0.717) is 19.7 Å². The van der Waals surface area contributed by atoms with Gasteiger partial charge in [-0.25, -0.2) is 0 Å². The fraction of sp³-hybridized carbons (Fsp3) is 0.533. The summed E-state index contributed by atoms with van der Waals surface area (Å²) in [5.74, 6) is 0.664. The van der Waals surface area contributed by atoms with Crippen LogP contribution in [-0.2, 0) is 11.3 Å². The topological polar surface area (TPSA) is 64.3 Å². The molecule has 0 radical (unpaired) electrons. The summed E-state index contributed by atoms with van der Waals surface area (Å²) in [5.41, 5.74) is 7.62. The largest absolute Gasteiger partial charge is 0.493 e. The van der Waals surface area contributed by atoms with Crippen LogP contribution in [-0.4, -0.2) is 19.1 Å². The van der Waals surface area contributed by atoms with Gasteiger partial charge < -0.3 is 15.8 Å². The highest BCUT2D eigenvalue weighted by Gasteiger charge is 2.11. The summed E-state index contributed by atoms with van der Waals surface area (Å²) in [6, 6.07) is 6.02. The molecule has 1 unspecified atom stereocenters. The number of rotatable bonds is 7. The molecule has 0 saturated heterocycles. The number of nitrogens with two attached hydrogens (primary N) is 1. The normalized spacial score (nSPS) is 12.0. The quantitative estimate of drug-likeness (QED) is 0.791. The molecule has 106 valence electrons. The number of hydrogen-bond acceptors (Lipinski definition) is 3. The molecule has 0 aliphatic carbocycles. The molecule has 1 aromatic carbocycles. The van der Waals surface area contributed by atoms with E-state index in [0.717, 1.165) is 23.3 Å². The van der Waals surface area contributed by atoms with Gasteiger partial charge in [0.05, 0.1) is 6.61 Å². The van der Waals surface area contributed by atoms with Gasteiger partial charge in [-0.2, -0.15) is 0 Å². The van der Waals surface area contributed by atoms with Crippen molar-refractivity contribution in [3.05, 3.63) is 29.3 Å². The Bertz CT molecular complexity index is 419. The van der Waals surface area contributed by atoms with E-state index >= 15 is 0 Å². The molecule has 1 atom stereocenters. The molecule has 0 aromatic heterocycles. The van der Waals surface area contributed by atoms with Crippen molar-refractivity contribution < 1.29 is 9.53 Å². The molecule has 0 bridgehead atoms. The number of nitrogens with one attached hydrogen (secondary N) is 1. The van der Waals surface area contributed by atoms with Gasteiger partial charge in [0.2, 0.25) is 5.91 Å². The van der Waals surface area contributed by atoms with Crippen LogP contribution in [0.25, 0.3) is 0 Å². The highest BCUT2D eigenvalue weighted by atomic mass is 16.5. The molecule has 4 heteroatoms. The first-order valence-electron chi connectivity index (χ1n) is 6.78. The average Bonchev–Trinajstić information content (AvgIpc) is 2.42. The van der Waals surface area contributed by atoms with Gasteiger partial charge in [0.1, 0.15) is 5.75 Å². The second kappa shape index (κ2) is 7.79. The van der Waals surface area contributed by atoms with Crippen molar-refractivity contribution >= 4 is 5.91 Å². The minimum absolute atomic E-state index is 0.0236. The monoisotopic (exact) mass is 264 g/mol. The predicted molar refractivity (Wildman–Crippen MR) is 77.0 cm³/mol. The van der Waals surface area contributed by atoms with E-state index in [1.165, 1.54) is 0 Å². The van der Waals surface area contributed by atoms with Crippen molar-refractivity contribution in [3.8, 4) is 5.75 Å². The second-order valence-corrected chi connectivity index (χ2v) is 4.81. The zero-order chi connectivity index (χ0) is 14.3. The summed E-state index contributed by atoms with van der Waals surface area (Å²) in [6.45, 7) is 7.43. The molecular weight excluding hydrogens is 240 g/mol. The Morgan fingerprint density at radius 3 is 2.84 bits per heavy atom. The molecule has 19 heavy (non-hydrogen) atoms. The molecule has 1 rings (SSSR count).